The van der Waals surface area contributed by atoms with Gasteiger partial charge in [0.15, 0.2) is 0 Å². The van der Waals surface area contributed by atoms with Crippen LogP contribution in [0.1, 0.15) is 24.6 Å². The number of hydrogen-bond donors (Lipinski definition) is 1. The van der Waals surface area contributed by atoms with Crippen molar-refractivity contribution in [3.63, 3.8) is 0 Å². The third kappa shape index (κ3) is 4.20. The molecule has 0 spiro atoms. The number of nitrogens with two attached hydrogens (primary N) is 1. The van der Waals surface area contributed by atoms with Crippen LogP contribution >= 0.6 is 34.8 Å². The molecule has 0 aliphatic carbocycles. The van der Waals surface area contributed by atoms with Crippen LogP contribution in [0.25, 0.3) is 0 Å². The van der Waals surface area contributed by atoms with E-state index in [1.165, 1.54) is 5.01 Å². The van der Waals surface area contributed by atoms with Gasteiger partial charge in [-0.25, -0.2) is 10.8 Å². The summed E-state index contributed by atoms with van der Waals surface area (Å²) in [7, 11) is 0. The van der Waals surface area contributed by atoms with Crippen LogP contribution in [0, 0.1) is 0 Å². The second-order valence-corrected chi connectivity index (χ2v) is 5.75. The lowest BCUT2D eigenvalue weighted by molar-refractivity contribution is 0.768. The average molecular weight is 346 g/mol. The predicted molar refractivity (Wildman–Crippen MR) is 88.1 cm³/mol. The van der Waals surface area contributed by atoms with Gasteiger partial charge >= 0.3 is 0 Å². The lowest BCUT2D eigenvalue weighted by Crippen LogP contribution is -2.33. The van der Waals surface area contributed by atoms with Crippen LogP contribution in [-0.2, 0) is 6.42 Å². The van der Waals surface area contributed by atoms with Gasteiger partial charge in [-0.05, 0) is 30.2 Å². The summed E-state index contributed by atoms with van der Waals surface area (Å²) in [5, 5.41) is 3.00. The zero-order valence-electron chi connectivity index (χ0n) is 11.5. The standard InChI is InChI=1S/C14H15Cl3N4/c1-2-6-21(18)14-19-9(8-13(17)20-14)7-10-11(15)4-3-5-12(10)16/h3-5,8H,2,6-7,18H2,1H3. The normalized spacial score (nSPS) is 10.7. The molecule has 7 heteroatoms. The zero-order valence-corrected chi connectivity index (χ0v) is 13.8. The van der Waals surface area contributed by atoms with E-state index in [4.69, 9.17) is 40.6 Å². The van der Waals surface area contributed by atoms with Crippen molar-refractivity contribution >= 4 is 40.8 Å². The molecule has 0 fully saturated rings. The minimum atomic E-state index is 0.338. The SMILES string of the molecule is CCCN(N)c1nc(Cl)cc(Cc2c(Cl)cccc2Cl)n1. The van der Waals surface area contributed by atoms with Gasteiger partial charge in [-0.3, -0.25) is 5.01 Å². The van der Waals surface area contributed by atoms with Crippen LogP contribution in [-0.4, -0.2) is 16.5 Å². The maximum absolute atomic E-state index is 6.18. The molecule has 0 radical (unpaired) electrons. The van der Waals surface area contributed by atoms with E-state index >= 15 is 0 Å². The molecule has 21 heavy (non-hydrogen) atoms. The molecule has 2 rings (SSSR count). The Labute approximate surface area is 138 Å². The van der Waals surface area contributed by atoms with Gasteiger partial charge in [-0.1, -0.05) is 47.8 Å². The molecule has 1 aromatic heterocycles. The van der Waals surface area contributed by atoms with E-state index in [2.05, 4.69) is 9.97 Å². The predicted octanol–water partition coefficient (Wildman–Crippen LogP) is 4.12. The number of nitrogens with zero attached hydrogens (tertiary/aromatic N) is 3. The first-order chi connectivity index (χ1) is 10.0. The fraction of sp³-hybridized carbons (Fsp3) is 0.286. The minimum absolute atomic E-state index is 0.338. The van der Waals surface area contributed by atoms with Gasteiger partial charge in [0, 0.05) is 23.0 Å². The number of aromatic nitrogens is 2. The first-order valence-electron chi connectivity index (χ1n) is 6.49. The van der Waals surface area contributed by atoms with Gasteiger partial charge < -0.3 is 0 Å². The van der Waals surface area contributed by atoms with Crippen LogP contribution in [0.2, 0.25) is 15.2 Å². The molecule has 2 N–H and O–H groups in total. The highest BCUT2D eigenvalue weighted by Gasteiger charge is 2.12. The van der Waals surface area contributed by atoms with E-state index in [1.807, 2.05) is 6.92 Å². The van der Waals surface area contributed by atoms with Crippen molar-refractivity contribution in [3.05, 3.63) is 50.7 Å². The summed E-state index contributed by atoms with van der Waals surface area (Å²) in [6.07, 6.45) is 1.35. The zero-order chi connectivity index (χ0) is 15.4. The Hall–Kier alpha value is -1.07. The van der Waals surface area contributed by atoms with Crippen molar-refractivity contribution in [2.75, 3.05) is 11.6 Å². The fourth-order valence-corrected chi connectivity index (χ4v) is 2.63. The number of halogens is 3. The molecule has 0 bridgehead atoms. The molecule has 2 aromatic rings. The number of benzene rings is 1. The van der Waals surface area contributed by atoms with Gasteiger partial charge in [0.2, 0.25) is 5.95 Å². The average Bonchev–Trinajstić information content (AvgIpc) is 2.43. The molecule has 0 saturated heterocycles. The maximum Gasteiger partial charge on any atom is 0.241 e. The van der Waals surface area contributed by atoms with Crippen molar-refractivity contribution in [2.45, 2.75) is 19.8 Å². The summed E-state index contributed by atoms with van der Waals surface area (Å²) in [6.45, 7) is 2.67. The van der Waals surface area contributed by atoms with Crippen LogP contribution < -0.4 is 10.9 Å². The Bertz CT molecular complexity index is 613. The minimum Gasteiger partial charge on any atom is -0.279 e. The molecule has 0 unspecified atom stereocenters. The molecule has 1 aromatic carbocycles. The Balaban J connectivity index is 2.32. The highest BCUT2D eigenvalue weighted by Crippen LogP contribution is 2.27. The Kier molecular flexibility index (Phi) is 5.65. The van der Waals surface area contributed by atoms with Crippen molar-refractivity contribution in [3.8, 4) is 0 Å². The summed E-state index contributed by atoms with van der Waals surface area (Å²) in [4.78, 5) is 8.55. The second kappa shape index (κ2) is 7.27. The van der Waals surface area contributed by atoms with Gasteiger partial charge in [-0.2, -0.15) is 4.98 Å². The van der Waals surface area contributed by atoms with Gasteiger partial charge in [0.1, 0.15) is 5.15 Å². The molecule has 0 aliphatic heterocycles. The van der Waals surface area contributed by atoms with E-state index in [0.29, 0.717) is 39.8 Å². The number of rotatable bonds is 5. The third-order valence-electron chi connectivity index (χ3n) is 2.88. The summed E-state index contributed by atoms with van der Waals surface area (Å²) in [5.41, 5.74) is 1.52. The first-order valence-corrected chi connectivity index (χ1v) is 7.63. The van der Waals surface area contributed by atoms with Crippen LogP contribution in [0.15, 0.2) is 24.3 Å². The van der Waals surface area contributed by atoms with E-state index in [1.54, 1.807) is 24.3 Å². The molecular formula is C14H15Cl3N4. The number of anilines is 1. The second-order valence-electron chi connectivity index (χ2n) is 4.55. The van der Waals surface area contributed by atoms with E-state index in [0.717, 1.165) is 12.0 Å². The fourth-order valence-electron chi connectivity index (χ4n) is 1.89. The topological polar surface area (TPSA) is 55.0 Å². The van der Waals surface area contributed by atoms with Crippen LogP contribution in [0.5, 0.6) is 0 Å². The largest absolute Gasteiger partial charge is 0.279 e. The highest BCUT2D eigenvalue weighted by atomic mass is 35.5. The molecule has 0 saturated carbocycles. The van der Waals surface area contributed by atoms with Crippen molar-refractivity contribution in [1.29, 1.82) is 0 Å². The summed E-state index contributed by atoms with van der Waals surface area (Å²) in [5.74, 6) is 6.29. The molecule has 112 valence electrons. The maximum atomic E-state index is 6.18. The lowest BCUT2D eigenvalue weighted by Gasteiger charge is -2.16. The summed E-state index contributed by atoms with van der Waals surface area (Å²) in [6, 6.07) is 7.07. The van der Waals surface area contributed by atoms with Gasteiger partial charge in [0.25, 0.3) is 0 Å². The molecule has 4 nitrogen and oxygen atoms in total. The van der Waals surface area contributed by atoms with Crippen LogP contribution in [0.3, 0.4) is 0 Å². The van der Waals surface area contributed by atoms with Gasteiger partial charge in [0.05, 0.1) is 5.69 Å². The summed E-state index contributed by atoms with van der Waals surface area (Å²) < 4.78 is 0. The van der Waals surface area contributed by atoms with Crippen molar-refractivity contribution < 1.29 is 0 Å². The molecule has 0 aliphatic rings. The highest BCUT2D eigenvalue weighted by molar-refractivity contribution is 6.36. The van der Waals surface area contributed by atoms with E-state index in [9.17, 15) is 0 Å². The Morgan fingerprint density at radius 1 is 1.14 bits per heavy atom. The Morgan fingerprint density at radius 2 is 1.81 bits per heavy atom. The van der Waals surface area contributed by atoms with Crippen LogP contribution in [0.4, 0.5) is 5.95 Å². The summed E-state index contributed by atoms with van der Waals surface area (Å²) >= 11 is 18.4. The third-order valence-corrected chi connectivity index (χ3v) is 3.78. The first kappa shape index (κ1) is 16.3. The molecular weight excluding hydrogens is 331 g/mol. The molecule has 1 heterocycles. The number of hydrazine groups is 1. The van der Waals surface area contributed by atoms with Crippen molar-refractivity contribution in [2.24, 2.45) is 5.84 Å². The molecule has 0 atom stereocenters. The van der Waals surface area contributed by atoms with E-state index in [-0.39, 0.29) is 0 Å². The number of hydrogen-bond acceptors (Lipinski definition) is 4. The molecule has 0 amide bonds. The Morgan fingerprint density at radius 3 is 2.43 bits per heavy atom. The van der Waals surface area contributed by atoms with Gasteiger partial charge in [-0.15, -0.1) is 0 Å². The lowest BCUT2D eigenvalue weighted by atomic mass is 10.1. The quantitative estimate of drug-likeness (QED) is 0.503. The monoisotopic (exact) mass is 344 g/mol. The van der Waals surface area contributed by atoms with Crippen molar-refractivity contribution in [1.82, 2.24) is 9.97 Å². The van der Waals surface area contributed by atoms with E-state index < -0.39 is 0 Å². The smallest absolute Gasteiger partial charge is 0.241 e.